The highest BCUT2D eigenvalue weighted by atomic mass is 16.3. The summed E-state index contributed by atoms with van der Waals surface area (Å²) in [5, 5.41) is 14.2. The zero-order valence-electron chi connectivity index (χ0n) is 19.2. The Bertz CT molecular complexity index is 1280. The van der Waals surface area contributed by atoms with Crippen molar-refractivity contribution >= 4 is 22.8 Å². The molecule has 1 aliphatic rings. The number of nitrogens with one attached hydrogen (secondary N) is 1. The molecular formula is C26H27N5O3. The number of rotatable bonds is 5. The smallest absolute Gasteiger partial charge is 0.251 e. The van der Waals surface area contributed by atoms with Crippen molar-refractivity contribution in [3.05, 3.63) is 72.4 Å². The topological polar surface area (TPSA) is 104 Å². The summed E-state index contributed by atoms with van der Waals surface area (Å²) in [5.74, 6) is 0.569. The standard InChI is InChI=1S/C26H27N5O3/c1-26(2,33)19-15-28-25(29-16-19)31-12-8-20(9-13-31)30-24(32)18-5-3-17(4-6-18)23-21-10-14-34-22(21)7-11-27-23/h3-7,10-11,14-16,20,33H,8-9,12-13H2,1-2H3,(H,30,32). The zero-order chi connectivity index (χ0) is 23.7. The minimum absolute atomic E-state index is 0.0785. The second-order valence-electron chi connectivity index (χ2n) is 9.13. The van der Waals surface area contributed by atoms with Crippen molar-refractivity contribution in [1.29, 1.82) is 0 Å². The fraction of sp³-hybridized carbons (Fsp3) is 0.308. The molecule has 4 aromatic rings. The van der Waals surface area contributed by atoms with Gasteiger partial charge in [0.1, 0.15) is 5.58 Å². The monoisotopic (exact) mass is 457 g/mol. The molecule has 0 atom stereocenters. The van der Waals surface area contributed by atoms with E-state index >= 15 is 0 Å². The number of pyridine rings is 1. The summed E-state index contributed by atoms with van der Waals surface area (Å²) in [5.41, 5.74) is 2.90. The minimum atomic E-state index is -0.961. The molecule has 1 saturated heterocycles. The molecule has 1 fully saturated rings. The Kier molecular flexibility index (Phi) is 5.75. The normalized spacial score (nSPS) is 15.0. The molecule has 34 heavy (non-hydrogen) atoms. The lowest BCUT2D eigenvalue weighted by molar-refractivity contribution is 0.0778. The van der Waals surface area contributed by atoms with Crippen molar-refractivity contribution in [3.8, 4) is 11.3 Å². The molecule has 8 nitrogen and oxygen atoms in total. The number of benzene rings is 1. The van der Waals surface area contributed by atoms with Gasteiger partial charge in [0.05, 0.1) is 17.6 Å². The van der Waals surface area contributed by atoms with E-state index in [1.165, 1.54) is 0 Å². The van der Waals surface area contributed by atoms with E-state index in [4.69, 9.17) is 4.42 Å². The van der Waals surface area contributed by atoms with Gasteiger partial charge < -0.3 is 19.7 Å². The number of carbonyl (C=O) groups excluding carboxylic acids is 1. The van der Waals surface area contributed by atoms with Crippen LogP contribution in [0.25, 0.3) is 22.2 Å². The van der Waals surface area contributed by atoms with Crippen LogP contribution in [0.4, 0.5) is 5.95 Å². The summed E-state index contributed by atoms with van der Waals surface area (Å²) in [6.07, 6.45) is 8.34. The Morgan fingerprint density at radius 1 is 1.06 bits per heavy atom. The maximum atomic E-state index is 12.8. The quantitative estimate of drug-likeness (QED) is 0.468. The van der Waals surface area contributed by atoms with Crippen LogP contribution >= 0.6 is 0 Å². The number of aliphatic hydroxyl groups is 1. The molecule has 0 aliphatic carbocycles. The van der Waals surface area contributed by atoms with Crippen LogP contribution in [0, 0.1) is 0 Å². The first-order valence-corrected chi connectivity index (χ1v) is 11.4. The first kappa shape index (κ1) is 22.0. The van der Waals surface area contributed by atoms with Crippen LogP contribution in [-0.4, -0.2) is 45.1 Å². The molecular weight excluding hydrogens is 430 g/mol. The van der Waals surface area contributed by atoms with Crippen LogP contribution < -0.4 is 10.2 Å². The maximum absolute atomic E-state index is 12.8. The third kappa shape index (κ3) is 4.49. The van der Waals surface area contributed by atoms with Gasteiger partial charge in [0.15, 0.2) is 0 Å². The molecule has 1 aliphatic heterocycles. The lowest BCUT2D eigenvalue weighted by Crippen LogP contribution is -2.45. The van der Waals surface area contributed by atoms with Crippen LogP contribution in [-0.2, 0) is 5.60 Å². The van der Waals surface area contributed by atoms with E-state index in [1.54, 1.807) is 38.7 Å². The fourth-order valence-electron chi connectivity index (χ4n) is 4.20. The van der Waals surface area contributed by atoms with Crippen LogP contribution in [0.5, 0.6) is 0 Å². The summed E-state index contributed by atoms with van der Waals surface area (Å²) >= 11 is 0. The largest absolute Gasteiger partial charge is 0.464 e. The molecule has 2 N–H and O–H groups in total. The van der Waals surface area contributed by atoms with Crippen molar-refractivity contribution in [1.82, 2.24) is 20.3 Å². The molecule has 0 radical (unpaired) electrons. The summed E-state index contributed by atoms with van der Waals surface area (Å²) in [6.45, 7) is 4.94. The molecule has 1 aromatic carbocycles. The van der Waals surface area contributed by atoms with Gasteiger partial charge in [-0.2, -0.15) is 0 Å². The molecule has 3 aromatic heterocycles. The van der Waals surface area contributed by atoms with Crippen LogP contribution in [0.1, 0.15) is 42.6 Å². The summed E-state index contributed by atoms with van der Waals surface area (Å²) in [4.78, 5) is 28.2. The van der Waals surface area contributed by atoms with E-state index in [-0.39, 0.29) is 11.9 Å². The van der Waals surface area contributed by atoms with Crippen LogP contribution in [0.15, 0.2) is 65.7 Å². The Balaban J connectivity index is 1.18. The van der Waals surface area contributed by atoms with Gasteiger partial charge in [-0.05, 0) is 51.0 Å². The molecule has 0 unspecified atom stereocenters. The zero-order valence-corrected chi connectivity index (χ0v) is 19.2. The van der Waals surface area contributed by atoms with Crippen molar-refractivity contribution in [2.24, 2.45) is 0 Å². The second kappa shape index (κ2) is 8.87. The van der Waals surface area contributed by atoms with Crippen molar-refractivity contribution < 1.29 is 14.3 Å². The van der Waals surface area contributed by atoms with E-state index in [2.05, 4.69) is 25.2 Å². The number of piperidine rings is 1. The molecule has 5 rings (SSSR count). The van der Waals surface area contributed by atoms with Gasteiger partial charge in [-0.25, -0.2) is 9.97 Å². The van der Waals surface area contributed by atoms with Gasteiger partial charge in [-0.15, -0.1) is 0 Å². The number of fused-ring (bicyclic) bond motifs is 1. The minimum Gasteiger partial charge on any atom is -0.464 e. The number of furan rings is 1. The second-order valence-corrected chi connectivity index (χ2v) is 9.13. The number of anilines is 1. The van der Waals surface area contributed by atoms with Crippen molar-refractivity contribution in [3.63, 3.8) is 0 Å². The molecule has 8 heteroatoms. The van der Waals surface area contributed by atoms with Gasteiger partial charge in [-0.1, -0.05) is 12.1 Å². The number of hydrogen-bond donors (Lipinski definition) is 2. The van der Waals surface area contributed by atoms with Gasteiger partial charge in [-0.3, -0.25) is 9.78 Å². The summed E-state index contributed by atoms with van der Waals surface area (Å²) in [6, 6.07) is 11.3. The highest BCUT2D eigenvalue weighted by Crippen LogP contribution is 2.27. The maximum Gasteiger partial charge on any atom is 0.251 e. The highest BCUT2D eigenvalue weighted by molar-refractivity contribution is 5.96. The SMILES string of the molecule is CC(C)(O)c1cnc(N2CCC(NC(=O)c3ccc(-c4nccc5occc45)cc3)CC2)nc1. The summed E-state index contributed by atoms with van der Waals surface area (Å²) in [7, 11) is 0. The molecule has 4 heterocycles. The number of carbonyl (C=O) groups is 1. The first-order valence-electron chi connectivity index (χ1n) is 11.4. The lowest BCUT2D eigenvalue weighted by Gasteiger charge is -2.32. The number of amides is 1. The van der Waals surface area contributed by atoms with E-state index < -0.39 is 5.60 Å². The Labute approximate surface area is 197 Å². The fourth-order valence-corrected chi connectivity index (χ4v) is 4.20. The van der Waals surface area contributed by atoms with Crippen molar-refractivity contribution in [2.45, 2.75) is 38.3 Å². The van der Waals surface area contributed by atoms with E-state index in [1.807, 2.05) is 36.4 Å². The number of hydrogen-bond acceptors (Lipinski definition) is 7. The molecule has 0 bridgehead atoms. The predicted molar refractivity (Wildman–Crippen MR) is 129 cm³/mol. The average molecular weight is 458 g/mol. The van der Waals surface area contributed by atoms with E-state index in [0.717, 1.165) is 48.2 Å². The third-order valence-electron chi connectivity index (χ3n) is 6.26. The molecule has 0 saturated carbocycles. The van der Waals surface area contributed by atoms with Crippen LogP contribution in [0.2, 0.25) is 0 Å². The Hall–Kier alpha value is -3.78. The van der Waals surface area contributed by atoms with Gasteiger partial charge in [0.25, 0.3) is 5.91 Å². The van der Waals surface area contributed by atoms with Crippen LogP contribution in [0.3, 0.4) is 0 Å². The van der Waals surface area contributed by atoms with Crippen molar-refractivity contribution in [2.75, 3.05) is 18.0 Å². The highest BCUT2D eigenvalue weighted by Gasteiger charge is 2.24. The number of nitrogens with zero attached hydrogens (tertiary/aromatic N) is 4. The molecule has 174 valence electrons. The molecule has 0 spiro atoms. The number of aromatic nitrogens is 3. The average Bonchev–Trinajstić information content (AvgIpc) is 3.33. The predicted octanol–water partition coefficient (Wildman–Crippen LogP) is 3.91. The Morgan fingerprint density at radius 2 is 1.76 bits per heavy atom. The van der Waals surface area contributed by atoms with E-state index in [9.17, 15) is 9.90 Å². The third-order valence-corrected chi connectivity index (χ3v) is 6.26. The first-order chi connectivity index (χ1) is 16.4. The van der Waals surface area contributed by atoms with Gasteiger partial charge in [0, 0.05) is 59.8 Å². The Morgan fingerprint density at radius 3 is 2.44 bits per heavy atom. The van der Waals surface area contributed by atoms with Gasteiger partial charge >= 0.3 is 0 Å². The van der Waals surface area contributed by atoms with Gasteiger partial charge in [0.2, 0.25) is 5.95 Å². The summed E-state index contributed by atoms with van der Waals surface area (Å²) < 4.78 is 5.46. The molecule has 1 amide bonds. The van der Waals surface area contributed by atoms with E-state index in [0.29, 0.717) is 17.1 Å². The lowest BCUT2D eigenvalue weighted by atomic mass is 10.0.